The molecule has 0 aliphatic rings. The first-order valence-electron chi connectivity index (χ1n) is 8.14. The van der Waals surface area contributed by atoms with Gasteiger partial charge in [0.15, 0.2) is 0 Å². The average molecular weight is 320 g/mol. The molecule has 1 aromatic rings. The van der Waals surface area contributed by atoms with Gasteiger partial charge >= 0.3 is 0 Å². The summed E-state index contributed by atoms with van der Waals surface area (Å²) < 4.78 is 0. The van der Waals surface area contributed by atoms with Gasteiger partial charge in [0.1, 0.15) is 5.54 Å². The maximum absolute atomic E-state index is 12.7. The van der Waals surface area contributed by atoms with E-state index in [-0.39, 0.29) is 17.0 Å². The van der Waals surface area contributed by atoms with Gasteiger partial charge in [0.2, 0.25) is 5.91 Å². The van der Waals surface area contributed by atoms with Crippen LogP contribution in [0.3, 0.4) is 0 Å². The zero-order valence-corrected chi connectivity index (χ0v) is 15.9. The van der Waals surface area contributed by atoms with Crippen LogP contribution in [0.25, 0.3) is 0 Å². The second kappa shape index (κ2) is 7.02. The second-order valence-corrected chi connectivity index (χ2v) is 8.49. The lowest BCUT2D eigenvalue weighted by molar-refractivity contribution is -0.264. The van der Waals surface area contributed by atoms with E-state index in [9.17, 15) is 4.79 Å². The summed E-state index contributed by atoms with van der Waals surface area (Å²) in [6, 6.07) is 9.98. The molecule has 0 unspecified atom stereocenters. The molecular weight excluding hydrogens is 288 g/mol. The molecule has 0 aromatic heterocycles. The predicted octanol–water partition coefficient (Wildman–Crippen LogP) is 3.91. The zero-order chi connectivity index (χ0) is 17.9. The molecule has 0 fully saturated rings. The monoisotopic (exact) mass is 320 g/mol. The Balaban J connectivity index is 2.94. The van der Waals surface area contributed by atoms with Crippen LogP contribution in [0.1, 0.15) is 61.0 Å². The van der Waals surface area contributed by atoms with E-state index in [0.717, 1.165) is 5.56 Å². The molecule has 0 aliphatic carbocycles. The molecule has 4 heteroatoms. The van der Waals surface area contributed by atoms with Gasteiger partial charge in [0, 0.05) is 11.1 Å². The molecule has 130 valence electrons. The molecule has 0 bridgehead atoms. The van der Waals surface area contributed by atoms with Crippen LogP contribution >= 0.6 is 0 Å². The lowest BCUT2D eigenvalue weighted by atomic mass is 9.95. The van der Waals surface area contributed by atoms with Crippen LogP contribution < -0.4 is 5.32 Å². The van der Waals surface area contributed by atoms with Crippen LogP contribution in [-0.2, 0) is 16.2 Å². The SMILES string of the molecule is CC(C)(C)NC(=O)C(C)(C)N(OCc1ccccc1)C(C)(C)C. The van der Waals surface area contributed by atoms with Gasteiger partial charge in [0.05, 0.1) is 6.61 Å². The number of hydrogen-bond donors (Lipinski definition) is 1. The van der Waals surface area contributed by atoms with Crippen LogP contribution in [0.4, 0.5) is 0 Å². The van der Waals surface area contributed by atoms with Crippen LogP contribution in [0, 0.1) is 0 Å². The van der Waals surface area contributed by atoms with Gasteiger partial charge in [-0.25, -0.2) is 0 Å². The molecule has 0 aliphatic heterocycles. The summed E-state index contributed by atoms with van der Waals surface area (Å²) in [5.41, 5.74) is -0.306. The highest BCUT2D eigenvalue weighted by Crippen LogP contribution is 2.27. The smallest absolute Gasteiger partial charge is 0.242 e. The molecule has 1 rings (SSSR count). The van der Waals surface area contributed by atoms with Crippen molar-refractivity contribution in [3.8, 4) is 0 Å². The second-order valence-electron chi connectivity index (χ2n) is 8.49. The summed E-state index contributed by atoms with van der Waals surface area (Å²) in [6.45, 7) is 16.3. The van der Waals surface area contributed by atoms with Gasteiger partial charge in [-0.1, -0.05) is 30.3 Å². The summed E-state index contributed by atoms with van der Waals surface area (Å²) in [5, 5.41) is 4.85. The molecule has 1 aromatic carbocycles. The molecule has 1 N–H and O–H groups in total. The number of hydroxylamine groups is 2. The van der Waals surface area contributed by atoms with Gasteiger partial charge in [-0.2, -0.15) is 5.06 Å². The maximum atomic E-state index is 12.7. The molecule has 0 saturated carbocycles. The first kappa shape index (κ1) is 19.7. The fraction of sp³-hybridized carbons (Fsp3) is 0.632. The number of hydrogen-bond acceptors (Lipinski definition) is 3. The Bertz CT molecular complexity index is 510. The van der Waals surface area contributed by atoms with Crippen molar-refractivity contribution in [2.75, 3.05) is 0 Å². The minimum atomic E-state index is -0.791. The summed E-state index contributed by atoms with van der Waals surface area (Å²) in [5.74, 6) is -0.0482. The molecule has 0 atom stereocenters. The van der Waals surface area contributed by atoms with Crippen LogP contribution in [-0.4, -0.2) is 27.6 Å². The Labute approximate surface area is 141 Å². The molecule has 0 spiro atoms. The Morgan fingerprint density at radius 2 is 1.52 bits per heavy atom. The number of carbonyl (C=O) groups is 1. The maximum Gasteiger partial charge on any atom is 0.242 e. The van der Waals surface area contributed by atoms with Crippen molar-refractivity contribution in [1.82, 2.24) is 10.4 Å². The number of nitrogens with one attached hydrogen (secondary N) is 1. The summed E-state index contributed by atoms with van der Waals surface area (Å²) in [6.07, 6.45) is 0. The number of amides is 1. The lowest BCUT2D eigenvalue weighted by Gasteiger charge is -2.45. The highest BCUT2D eigenvalue weighted by Gasteiger charge is 2.43. The van der Waals surface area contributed by atoms with Crippen LogP contribution in [0.15, 0.2) is 30.3 Å². The largest absolute Gasteiger partial charge is 0.350 e. The van der Waals surface area contributed by atoms with E-state index in [1.807, 2.05) is 85.7 Å². The van der Waals surface area contributed by atoms with E-state index in [1.165, 1.54) is 0 Å². The number of rotatable bonds is 5. The standard InChI is InChI=1S/C19H32N2O2/c1-17(2,3)20-16(22)19(7,8)21(18(4,5)6)23-14-15-12-10-9-11-13-15/h9-13H,14H2,1-8H3,(H,20,22). The van der Waals surface area contributed by atoms with Crippen molar-refractivity contribution in [1.29, 1.82) is 0 Å². The summed E-state index contributed by atoms with van der Waals surface area (Å²) >= 11 is 0. The van der Waals surface area contributed by atoms with Crippen molar-refractivity contribution >= 4 is 5.91 Å². The Morgan fingerprint density at radius 3 is 1.96 bits per heavy atom. The molecule has 0 heterocycles. The van der Waals surface area contributed by atoms with Crippen molar-refractivity contribution < 1.29 is 9.63 Å². The fourth-order valence-corrected chi connectivity index (χ4v) is 2.49. The predicted molar refractivity (Wildman–Crippen MR) is 94.8 cm³/mol. The van der Waals surface area contributed by atoms with E-state index in [0.29, 0.717) is 6.61 Å². The third kappa shape index (κ3) is 5.96. The Kier molecular flexibility index (Phi) is 6.00. The fourth-order valence-electron chi connectivity index (χ4n) is 2.49. The minimum absolute atomic E-state index is 0.0482. The minimum Gasteiger partial charge on any atom is -0.350 e. The molecule has 0 radical (unpaired) electrons. The number of carbonyl (C=O) groups excluding carboxylic acids is 1. The molecule has 4 nitrogen and oxygen atoms in total. The van der Waals surface area contributed by atoms with E-state index >= 15 is 0 Å². The summed E-state index contributed by atoms with van der Waals surface area (Å²) in [4.78, 5) is 18.8. The normalized spacial score (nSPS) is 13.3. The van der Waals surface area contributed by atoms with E-state index in [1.54, 1.807) is 5.06 Å². The van der Waals surface area contributed by atoms with E-state index in [4.69, 9.17) is 4.84 Å². The lowest BCUT2D eigenvalue weighted by Crippen LogP contribution is -2.62. The zero-order valence-electron chi connectivity index (χ0n) is 15.9. The van der Waals surface area contributed by atoms with Gasteiger partial charge < -0.3 is 5.32 Å². The third-order valence-electron chi connectivity index (χ3n) is 3.36. The highest BCUT2D eigenvalue weighted by molar-refractivity contribution is 5.85. The first-order valence-corrected chi connectivity index (χ1v) is 8.14. The van der Waals surface area contributed by atoms with Gasteiger partial charge in [-0.3, -0.25) is 9.63 Å². The average Bonchev–Trinajstić information content (AvgIpc) is 2.36. The third-order valence-corrected chi connectivity index (χ3v) is 3.36. The molecule has 23 heavy (non-hydrogen) atoms. The molecular formula is C19H32N2O2. The van der Waals surface area contributed by atoms with Crippen molar-refractivity contribution in [3.63, 3.8) is 0 Å². The van der Waals surface area contributed by atoms with E-state index in [2.05, 4.69) is 5.32 Å². The van der Waals surface area contributed by atoms with Gasteiger partial charge in [0.25, 0.3) is 0 Å². The highest BCUT2D eigenvalue weighted by atomic mass is 16.7. The number of benzene rings is 1. The van der Waals surface area contributed by atoms with Crippen molar-refractivity contribution in [2.24, 2.45) is 0 Å². The molecule has 1 amide bonds. The van der Waals surface area contributed by atoms with E-state index < -0.39 is 5.54 Å². The Hall–Kier alpha value is -1.39. The first-order chi connectivity index (χ1) is 10.3. The Morgan fingerprint density at radius 1 is 1.00 bits per heavy atom. The summed E-state index contributed by atoms with van der Waals surface area (Å²) in [7, 11) is 0. The van der Waals surface area contributed by atoms with Gasteiger partial charge in [-0.15, -0.1) is 0 Å². The van der Waals surface area contributed by atoms with Crippen molar-refractivity contribution in [3.05, 3.63) is 35.9 Å². The van der Waals surface area contributed by atoms with Crippen LogP contribution in [0.5, 0.6) is 0 Å². The van der Waals surface area contributed by atoms with Crippen LogP contribution in [0.2, 0.25) is 0 Å². The molecule has 0 saturated heterocycles. The number of nitrogens with zero attached hydrogens (tertiary/aromatic N) is 1. The quantitative estimate of drug-likeness (QED) is 0.836. The van der Waals surface area contributed by atoms with Gasteiger partial charge in [-0.05, 0) is 61.0 Å². The topological polar surface area (TPSA) is 41.6 Å². The van der Waals surface area contributed by atoms with Crippen molar-refractivity contribution in [2.45, 2.75) is 78.6 Å².